The minimum absolute atomic E-state index is 0.0306. The van der Waals surface area contributed by atoms with E-state index in [9.17, 15) is 13.2 Å². The van der Waals surface area contributed by atoms with Gasteiger partial charge in [-0.15, -0.1) is 0 Å². The molecule has 0 saturated heterocycles. The summed E-state index contributed by atoms with van der Waals surface area (Å²) in [5.41, 5.74) is 1.75. The molecule has 0 heterocycles. The fraction of sp³-hybridized carbons (Fsp3) is 0.500. The third-order valence-electron chi connectivity index (χ3n) is 2.78. The van der Waals surface area contributed by atoms with Crippen LogP contribution in [0.4, 0.5) is 5.69 Å². The molecule has 1 amide bonds. The summed E-state index contributed by atoms with van der Waals surface area (Å²) < 4.78 is 25.2. The maximum atomic E-state index is 11.8. The molecule has 0 unspecified atom stereocenters. The first-order chi connectivity index (χ1) is 9.35. The Morgan fingerprint density at radius 1 is 1.25 bits per heavy atom. The van der Waals surface area contributed by atoms with Gasteiger partial charge in [-0.3, -0.25) is 4.79 Å². The number of carbonyl (C=O) groups is 1. The lowest BCUT2D eigenvalue weighted by Crippen LogP contribution is -2.34. The van der Waals surface area contributed by atoms with E-state index in [4.69, 9.17) is 0 Å². The molecule has 0 aliphatic rings. The Labute approximate surface area is 120 Å². The molecule has 20 heavy (non-hydrogen) atoms. The molecule has 1 rings (SSSR count). The molecule has 0 atom stereocenters. The van der Waals surface area contributed by atoms with Gasteiger partial charge in [-0.1, -0.05) is 39.0 Å². The lowest BCUT2D eigenvalue weighted by Gasteiger charge is -2.13. The number of anilines is 1. The molecule has 1 aromatic carbocycles. The average molecular weight is 298 g/mol. The van der Waals surface area contributed by atoms with Crippen LogP contribution in [0.2, 0.25) is 0 Å². The lowest BCUT2D eigenvalue weighted by atomic mass is 10.0. The van der Waals surface area contributed by atoms with Crippen LogP contribution in [0.15, 0.2) is 24.3 Å². The van der Waals surface area contributed by atoms with Gasteiger partial charge in [0, 0.05) is 5.69 Å². The minimum Gasteiger partial charge on any atom is -0.325 e. The second-order valence-electron chi connectivity index (χ2n) is 4.93. The number of para-hydroxylation sites is 1. The predicted molar refractivity (Wildman–Crippen MR) is 81.2 cm³/mol. The van der Waals surface area contributed by atoms with Crippen molar-refractivity contribution in [3.8, 4) is 0 Å². The Morgan fingerprint density at radius 3 is 2.50 bits per heavy atom. The topological polar surface area (TPSA) is 75.3 Å². The van der Waals surface area contributed by atoms with Crippen molar-refractivity contribution in [1.82, 2.24) is 4.72 Å². The zero-order valence-corrected chi connectivity index (χ0v) is 13.0. The molecule has 6 heteroatoms. The van der Waals surface area contributed by atoms with Gasteiger partial charge in [-0.2, -0.15) is 0 Å². The van der Waals surface area contributed by atoms with Gasteiger partial charge in [0.1, 0.15) is 0 Å². The van der Waals surface area contributed by atoms with Crippen LogP contribution < -0.4 is 10.0 Å². The quantitative estimate of drug-likeness (QED) is 0.809. The number of carbonyl (C=O) groups excluding carboxylic acids is 1. The van der Waals surface area contributed by atoms with Crippen LogP contribution in [0.3, 0.4) is 0 Å². The van der Waals surface area contributed by atoms with Crippen LogP contribution in [0.5, 0.6) is 0 Å². The molecular weight excluding hydrogens is 276 g/mol. The summed E-state index contributed by atoms with van der Waals surface area (Å²) in [5, 5.41) is 2.74. The fourth-order valence-corrected chi connectivity index (χ4v) is 2.86. The zero-order chi connectivity index (χ0) is 15.2. The SMILES string of the molecule is CCCS(=O)(=O)NCC(=O)Nc1ccccc1C(C)C. The normalized spacial score (nSPS) is 11.6. The van der Waals surface area contributed by atoms with Gasteiger partial charge >= 0.3 is 0 Å². The van der Waals surface area contributed by atoms with E-state index < -0.39 is 10.0 Å². The van der Waals surface area contributed by atoms with Crippen molar-refractivity contribution in [2.24, 2.45) is 0 Å². The first-order valence-corrected chi connectivity index (χ1v) is 8.37. The number of benzene rings is 1. The highest BCUT2D eigenvalue weighted by Crippen LogP contribution is 2.23. The predicted octanol–water partition coefficient (Wildman–Crippen LogP) is 2.08. The van der Waals surface area contributed by atoms with Crippen LogP contribution in [-0.2, 0) is 14.8 Å². The van der Waals surface area contributed by atoms with Gasteiger partial charge in [0.25, 0.3) is 0 Å². The Morgan fingerprint density at radius 2 is 1.90 bits per heavy atom. The molecule has 5 nitrogen and oxygen atoms in total. The highest BCUT2D eigenvalue weighted by Gasteiger charge is 2.13. The number of nitrogens with one attached hydrogen (secondary N) is 2. The molecule has 0 aliphatic carbocycles. The lowest BCUT2D eigenvalue weighted by molar-refractivity contribution is -0.115. The summed E-state index contributed by atoms with van der Waals surface area (Å²) in [6, 6.07) is 7.51. The summed E-state index contributed by atoms with van der Waals surface area (Å²) in [5.74, 6) is -0.0517. The van der Waals surface area contributed by atoms with Crippen LogP contribution >= 0.6 is 0 Å². The molecule has 2 N–H and O–H groups in total. The van der Waals surface area contributed by atoms with Gasteiger partial charge in [-0.05, 0) is 24.0 Å². The number of sulfonamides is 1. The van der Waals surface area contributed by atoms with E-state index in [2.05, 4.69) is 10.0 Å². The first kappa shape index (κ1) is 16.7. The molecule has 0 aliphatic heterocycles. The maximum absolute atomic E-state index is 11.8. The third-order valence-corrected chi connectivity index (χ3v) is 4.31. The van der Waals surface area contributed by atoms with Gasteiger partial charge in [0.05, 0.1) is 12.3 Å². The van der Waals surface area contributed by atoms with E-state index in [0.29, 0.717) is 6.42 Å². The van der Waals surface area contributed by atoms with E-state index in [1.807, 2.05) is 38.1 Å². The summed E-state index contributed by atoms with van der Waals surface area (Å²) in [6.07, 6.45) is 0.521. The van der Waals surface area contributed by atoms with Crippen molar-refractivity contribution in [3.05, 3.63) is 29.8 Å². The van der Waals surface area contributed by atoms with Gasteiger partial charge in [0.15, 0.2) is 0 Å². The van der Waals surface area contributed by atoms with Crippen molar-refractivity contribution in [1.29, 1.82) is 0 Å². The summed E-state index contributed by atoms with van der Waals surface area (Å²) >= 11 is 0. The minimum atomic E-state index is -3.36. The van der Waals surface area contributed by atoms with Crippen LogP contribution in [0.1, 0.15) is 38.7 Å². The van der Waals surface area contributed by atoms with Gasteiger partial charge in [-0.25, -0.2) is 13.1 Å². The number of hydrogen-bond acceptors (Lipinski definition) is 3. The van der Waals surface area contributed by atoms with E-state index >= 15 is 0 Å². The number of amides is 1. The van der Waals surface area contributed by atoms with Crippen molar-refractivity contribution in [3.63, 3.8) is 0 Å². The zero-order valence-electron chi connectivity index (χ0n) is 12.1. The molecule has 0 saturated carbocycles. The molecule has 112 valence electrons. The standard InChI is InChI=1S/C14H22N2O3S/c1-4-9-20(18,19)15-10-14(17)16-13-8-6-5-7-12(13)11(2)3/h5-8,11,15H,4,9-10H2,1-3H3,(H,16,17). The highest BCUT2D eigenvalue weighted by atomic mass is 32.2. The molecule has 0 fully saturated rings. The Hall–Kier alpha value is -1.40. The monoisotopic (exact) mass is 298 g/mol. The van der Waals surface area contributed by atoms with E-state index in [1.165, 1.54) is 0 Å². The summed E-state index contributed by atoms with van der Waals surface area (Å²) in [7, 11) is -3.36. The average Bonchev–Trinajstić information content (AvgIpc) is 2.37. The Balaban J connectivity index is 2.64. The van der Waals surface area contributed by atoms with E-state index in [1.54, 1.807) is 6.92 Å². The third kappa shape index (κ3) is 5.30. The second-order valence-corrected chi connectivity index (χ2v) is 6.86. The summed E-state index contributed by atoms with van der Waals surface area (Å²) in [6.45, 7) is 5.61. The van der Waals surface area contributed by atoms with Crippen molar-refractivity contribution in [2.45, 2.75) is 33.1 Å². The molecule has 0 aromatic heterocycles. The largest absolute Gasteiger partial charge is 0.325 e. The first-order valence-electron chi connectivity index (χ1n) is 6.72. The summed E-state index contributed by atoms with van der Waals surface area (Å²) in [4.78, 5) is 11.8. The Bertz CT molecular complexity index is 553. The fourth-order valence-electron chi connectivity index (χ4n) is 1.83. The smallest absolute Gasteiger partial charge is 0.239 e. The van der Waals surface area contributed by atoms with Gasteiger partial charge in [0.2, 0.25) is 15.9 Å². The second kappa shape index (κ2) is 7.40. The van der Waals surface area contributed by atoms with Crippen LogP contribution in [0, 0.1) is 0 Å². The molecule has 0 spiro atoms. The number of rotatable bonds is 7. The van der Waals surface area contributed by atoms with Crippen molar-refractivity contribution in [2.75, 3.05) is 17.6 Å². The highest BCUT2D eigenvalue weighted by molar-refractivity contribution is 7.89. The van der Waals surface area contributed by atoms with Crippen molar-refractivity contribution >= 4 is 21.6 Å². The molecule has 1 aromatic rings. The van der Waals surface area contributed by atoms with Gasteiger partial charge < -0.3 is 5.32 Å². The van der Waals surface area contributed by atoms with Crippen LogP contribution in [0.25, 0.3) is 0 Å². The number of hydrogen-bond donors (Lipinski definition) is 2. The van der Waals surface area contributed by atoms with E-state index in [-0.39, 0.29) is 24.1 Å². The van der Waals surface area contributed by atoms with Crippen LogP contribution in [-0.4, -0.2) is 26.6 Å². The maximum Gasteiger partial charge on any atom is 0.239 e. The van der Waals surface area contributed by atoms with Crippen molar-refractivity contribution < 1.29 is 13.2 Å². The van der Waals surface area contributed by atoms with E-state index in [0.717, 1.165) is 11.3 Å². The molecule has 0 radical (unpaired) electrons. The molecular formula is C14H22N2O3S. The molecule has 0 bridgehead atoms. The Kier molecular flexibility index (Phi) is 6.16.